The van der Waals surface area contributed by atoms with E-state index in [4.69, 9.17) is 0 Å². The Labute approximate surface area is 132 Å². The van der Waals surface area contributed by atoms with E-state index < -0.39 is 0 Å². The maximum absolute atomic E-state index is 12.1. The van der Waals surface area contributed by atoms with Crippen LogP contribution in [0, 0.1) is 0 Å². The number of hydrogen-bond acceptors (Lipinski definition) is 5. The van der Waals surface area contributed by atoms with Gasteiger partial charge in [0.2, 0.25) is 5.95 Å². The molecule has 0 spiro atoms. The third kappa shape index (κ3) is 3.03. The van der Waals surface area contributed by atoms with Crippen LogP contribution in [0.3, 0.4) is 0 Å². The van der Waals surface area contributed by atoms with Crippen molar-refractivity contribution in [1.82, 2.24) is 14.9 Å². The van der Waals surface area contributed by atoms with E-state index in [0.717, 1.165) is 0 Å². The molecule has 2 N–H and O–H groups in total. The quantitative estimate of drug-likeness (QED) is 0.760. The number of aromatic nitrogens is 2. The zero-order valence-corrected chi connectivity index (χ0v) is 13.4. The van der Waals surface area contributed by atoms with Crippen molar-refractivity contribution in [2.24, 2.45) is 0 Å². The van der Waals surface area contributed by atoms with Gasteiger partial charge >= 0.3 is 0 Å². The van der Waals surface area contributed by atoms with Crippen LogP contribution in [0.2, 0.25) is 0 Å². The van der Waals surface area contributed by atoms with E-state index in [2.05, 4.69) is 31.6 Å². The lowest BCUT2D eigenvalue weighted by molar-refractivity contribution is 0.316. The number of aromatic amines is 1. The summed E-state index contributed by atoms with van der Waals surface area (Å²) < 4.78 is 0. The highest BCUT2D eigenvalue weighted by molar-refractivity contribution is 7.10. The zero-order valence-electron chi connectivity index (χ0n) is 12.5. The fraction of sp³-hybridized carbons (Fsp3) is 0.250. The van der Waals surface area contributed by atoms with Gasteiger partial charge in [0.05, 0.1) is 16.9 Å². The number of benzene rings is 1. The number of nitrogens with one attached hydrogen (secondary N) is 2. The van der Waals surface area contributed by atoms with Crippen molar-refractivity contribution in [2.45, 2.75) is 6.04 Å². The monoisotopic (exact) mass is 314 g/mol. The normalized spacial score (nSPS) is 12.7. The van der Waals surface area contributed by atoms with Crippen molar-refractivity contribution in [1.29, 1.82) is 0 Å². The molecule has 3 aromatic rings. The number of fused-ring (bicyclic) bond motifs is 1. The van der Waals surface area contributed by atoms with Gasteiger partial charge in [-0.25, -0.2) is 4.98 Å². The number of likely N-dealkylation sites (N-methyl/N-ethyl adjacent to an activating group) is 1. The molecule has 0 saturated heterocycles. The first-order chi connectivity index (χ1) is 10.6. The first kappa shape index (κ1) is 14.7. The van der Waals surface area contributed by atoms with E-state index in [9.17, 15) is 4.79 Å². The van der Waals surface area contributed by atoms with Crippen LogP contribution in [0.1, 0.15) is 10.9 Å². The summed E-state index contributed by atoms with van der Waals surface area (Å²) in [5.74, 6) is 0.507. The molecule has 114 valence electrons. The second-order valence-corrected chi connectivity index (χ2v) is 6.29. The molecule has 2 heterocycles. The zero-order chi connectivity index (χ0) is 15.5. The Hall–Kier alpha value is -2.18. The summed E-state index contributed by atoms with van der Waals surface area (Å²) in [7, 11) is 4.09. The Morgan fingerprint density at radius 3 is 2.82 bits per heavy atom. The van der Waals surface area contributed by atoms with Gasteiger partial charge in [-0.15, -0.1) is 11.3 Å². The average molecular weight is 314 g/mol. The van der Waals surface area contributed by atoms with Crippen LogP contribution in [-0.4, -0.2) is 35.5 Å². The summed E-state index contributed by atoms with van der Waals surface area (Å²) >= 11 is 1.73. The topological polar surface area (TPSA) is 61.0 Å². The minimum atomic E-state index is -0.120. The van der Waals surface area contributed by atoms with Crippen molar-refractivity contribution < 1.29 is 0 Å². The highest BCUT2D eigenvalue weighted by Gasteiger charge is 2.15. The lowest BCUT2D eigenvalue weighted by Crippen LogP contribution is -2.27. The molecule has 0 bridgehead atoms. The second-order valence-electron chi connectivity index (χ2n) is 5.31. The molecule has 3 rings (SSSR count). The van der Waals surface area contributed by atoms with Crippen molar-refractivity contribution in [3.63, 3.8) is 0 Å². The Morgan fingerprint density at radius 1 is 1.27 bits per heavy atom. The molecule has 0 amide bonds. The van der Waals surface area contributed by atoms with Gasteiger partial charge in [0.1, 0.15) is 0 Å². The second kappa shape index (κ2) is 6.29. The fourth-order valence-corrected chi connectivity index (χ4v) is 3.30. The predicted molar refractivity (Wildman–Crippen MR) is 91.6 cm³/mol. The Morgan fingerprint density at radius 2 is 2.09 bits per heavy atom. The summed E-state index contributed by atoms with van der Waals surface area (Å²) in [5.41, 5.74) is 0.580. The molecule has 1 atom stereocenters. The smallest absolute Gasteiger partial charge is 0.260 e. The third-order valence-electron chi connectivity index (χ3n) is 3.57. The molecule has 0 saturated carbocycles. The standard InChI is InChI=1S/C16H18N4OS/c1-20(2)13(14-8-5-9-22-14)10-17-16-18-12-7-4-3-6-11(12)15(21)19-16/h3-9,13H,10H2,1-2H3,(H2,17,18,19,21). The van der Waals surface area contributed by atoms with Crippen LogP contribution in [0.4, 0.5) is 5.95 Å². The van der Waals surface area contributed by atoms with Crippen molar-refractivity contribution in [3.8, 4) is 0 Å². The minimum absolute atomic E-state index is 0.120. The van der Waals surface area contributed by atoms with E-state index in [1.54, 1.807) is 17.4 Å². The first-order valence-electron chi connectivity index (χ1n) is 7.08. The SMILES string of the molecule is CN(C)C(CNc1nc2ccccc2c(=O)[nH]1)c1cccs1. The Balaban J connectivity index is 1.82. The van der Waals surface area contributed by atoms with Gasteiger partial charge in [-0.2, -0.15) is 0 Å². The Kier molecular flexibility index (Phi) is 4.22. The molecular weight excluding hydrogens is 296 g/mol. The Bertz CT molecular complexity index is 810. The third-order valence-corrected chi connectivity index (χ3v) is 4.54. The highest BCUT2D eigenvalue weighted by Crippen LogP contribution is 2.23. The number of anilines is 1. The molecular formula is C16H18N4OS. The molecule has 0 aliphatic heterocycles. The molecule has 1 aromatic carbocycles. The summed E-state index contributed by atoms with van der Waals surface area (Å²) in [4.78, 5) is 22.8. The van der Waals surface area contributed by atoms with Crippen LogP contribution in [0.15, 0.2) is 46.6 Å². The summed E-state index contributed by atoms with van der Waals surface area (Å²) in [6.07, 6.45) is 0. The van der Waals surface area contributed by atoms with E-state index in [-0.39, 0.29) is 11.6 Å². The number of para-hydroxylation sites is 1. The van der Waals surface area contributed by atoms with Gasteiger partial charge < -0.3 is 10.2 Å². The fourth-order valence-electron chi connectivity index (χ4n) is 2.38. The van der Waals surface area contributed by atoms with Gasteiger partial charge in [-0.05, 0) is 37.7 Å². The largest absolute Gasteiger partial charge is 0.354 e. The van der Waals surface area contributed by atoms with E-state index >= 15 is 0 Å². The average Bonchev–Trinajstić information content (AvgIpc) is 3.01. The predicted octanol–water partition coefficient (Wildman–Crippen LogP) is 2.70. The molecule has 0 fully saturated rings. The summed E-state index contributed by atoms with van der Waals surface area (Å²) in [6.45, 7) is 0.675. The van der Waals surface area contributed by atoms with Crippen molar-refractivity contribution in [2.75, 3.05) is 26.0 Å². The summed E-state index contributed by atoms with van der Waals surface area (Å²) in [6, 6.07) is 11.7. The number of thiophene rings is 1. The molecule has 2 aromatic heterocycles. The van der Waals surface area contributed by atoms with Crippen molar-refractivity contribution in [3.05, 3.63) is 57.0 Å². The van der Waals surface area contributed by atoms with E-state index in [1.807, 2.05) is 38.4 Å². The van der Waals surface area contributed by atoms with Gasteiger partial charge in [-0.3, -0.25) is 9.78 Å². The van der Waals surface area contributed by atoms with Crippen LogP contribution >= 0.6 is 11.3 Å². The number of nitrogens with zero attached hydrogens (tertiary/aromatic N) is 2. The highest BCUT2D eigenvalue weighted by atomic mass is 32.1. The molecule has 22 heavy (non-hydrogen) atoms. The van der Waals surface area contributed by atoms with Gasteiger partial charge in [0.15, 0.2) is 0 Å². The van der Waals surface area contributed by atoms with Crippen LogP contribution in [0.25, 0.3) is 10.9 Å². The van der Waals surface area contributed by atoms with Gasteiger partial charge in [0, 0.05) is 11.4 Å². The molecule has 0 aliphatic rings. The number of H-pyrrole nitrogens is 1. The van der Waals surface area contributed by atoms with Crippen LogP contribution in [0.5, 0.6) is 0 Å². The summed E-state index contributed by atoms with van der Waals surface area (Å²) in [5, 5.41) is 5.92. The first-order valence-corrected chi connectivity index (χ1v) is 7.96. The maximum Gasteiger partial charge on any atom is 0.260 e. The van der Waals surface area contributed by atoms with E-state index in [1.165, 1.54) is 4.88 Å². The molecule has 0 radical (unpaired) electrons. The van der Waals surface area contributed by atoms with Gasteiger partial charge in [-0.1, -0.05) is 18.2 Å². The minimum Gasteiger partial charge on any atom is -0.354 e. The van der Waals surface area contributed by atoms with Crippen LogP contribution in [-0.2, 0) is 0 Å². The van der Waals surface area contributed by atoms with Gasteiger partial charge in [0.25, 0.3) is 5.56 Å². The number of rotatable bonds is 5. The molecule has 0 aliphatic carbocycles. The number of hydrogen-bond donors (Lipinski definition) is 2. The lowest BCUT2D eigenvalue weighted by Gasteiger charge is -2.23. The van der Waals surface area contributed by atoms with Crippen LogP contribution < -0.4 is 10.9 Å². The maximum atomic E-state index is 12.1. The molecule has 5 nitrogen and oxygen atoms in total. The van der Waals surface area contributed by atoms with Crippen molar-refractivity contribution >= 4 is 28.2 Å². The molecule has 6 heteroatoms. The van der Waals surface area contributed by atoms with E-state index in [0.29, 0.717) is 23.4 Å². The lowest BCUT2D eigenvalue weighted by atomic mass is 10.2. The molecule has 1 unspecified atom stereocenters.